The van der Waals surface area contributed by atoms with Gasteiger partial charge in [0, 0.05) is 13.1 Å². The fraction of sp³-hybridized carbons (Fsp3) is 0.364. The highest BCUT2D eigenvalue weighted by molar-refractivity contribution is 6.32. The fourth-order valence-electron chi connectivity index (χ4n) is 3.09. The van der Waals surface area contributed by atoms with E-state index < -0.39 is 0 Å². The quantitative estimate of drug-likeness (QED) is 0.514. The summed E-state index contributed by atoms with van der Waals surface area (Å²) in [7, 11) is 1.55. The summed E-state index contributed by atoms with van der Waals surface area (Å²) in [5, 5.41) is 4.42. The van der Waals surface area contributed by atoms with Crippen molar-refractivity contribution in [2.75, 3.05) is 40.0 Å². The van der Waals surface area contributed by atoms with Crippen LogP contribution in [0.4, 0.5) is 0 Å². The van der Waals surface area contributed by atoms with Gasteiger partial charge in [-0.2, -0.15) is 5.10 Å². The van der Waals surface area contributed by atoms with E-state index in [-0.39, 0.29) is 12.5 Å². The summed E-state index contributed by atoms with van der Waals surface area (Å²) in [4.78, 5) is 14.0. The predicted octanol–water partition coefficient (Wildman–Crippen LogP) is 3.02. The Labute approximate surface area is 181 Å². The minimum Gasteiger partial charge on any atom is -0.493 e. The number of methoxy groups -OCH3 is 1. The molecule has 0 atom stereocenters. The van der Waals surface area contributed by atoms with E-state index in [1.54, 1.807) is 19.2 Å². The lowest BCUT2D eigenvalue weighted by molar-refractivity contribution is -0.123. The van der Waals surface area contributed by atoms with Gasteiger partial charge in [-0.3, -0.25) is 9.69 Å². The molecule has 0 unspecified atom stereocenters. The molecule has 0 saturated carbocycles. The van der Waals surface area contributed by atoms with Crippen LogP contribution in [0, 0.1) is 6.92 Å². The zero-order valence-electron chi connectivity index (χ0n) is 17.2. The SMILES string of the molecule is COc1cc(/C=N/NC(=O)CN2CCOCC2)cc(Cl)c1OCc1cccc(C)c1. The first-order valence-corrected chi connectivity index (χ1v) is 10.1. The van der Waals surface area contributed by atoms with Crippen molar-refractivity contribution < 1.29 is 19.0 Å². The van der Waals surface area contributed by atoms with Gasteiger partial charge in [0.2, 0.25) is 0 Å². The van der Waals surface area contributed by atoms with Gasteiger partial charge in [0.05, 0.1) is 38.1 Å². The van der Waals surface area contributed by atoms with E-state index >= 15 is 0 Å². The minimum absolute atomic E-state index is 0.177. The number of carbonyl (C=O) groups is 1. The number of hydrogen-bond donors (Lipinski definition) is 1. The molecule has 2 aromatic rings. The molecule has 160 valence electrons. The van der Waals surface area contributed by atoms with Crippen molar-refractivity contribution in [3.8, 4) is 11.5 Å². The zero-order valence-corrected chi connectivity index (χ0v) is 17.9. The third-order valence-electron chi connectivity index (χ3n) is 4.59. The third-order valence-corrected chi connectivity index (χ3v) is 4.87. The second-order valence-electron chi connectivity index (χ2n) is 6.99. The van der Waals surface area contributed by atoms with Crippen LogP contribution in [0.5, 0.6) is 11.5 Å². The Hall–Kier alpha value is -2.61. The summed E-state index contributed by atoms with van der Waals surface area (Å²) in [5.41, 5.74) is 5.43. The molecular weight excluding hydrogens is 406 g/mol. The van der Waals surface area contributed by atoms with E-state index in [2.05, 4.69) is 16.6 Å². The van der Waals surface area contributed by atoms with Gasteiger partial charge in [-0.15, -0.1) is 0 Å². The number of aryl methyl sites for hydroxylation is 1. The summed E-state index contributed by atoms with van der Waals surface area (Å²) in [6.07, 6.45) is 1.52. The van der Waals surface area contributed by atoms with Crippen LogP contribution in [0.25, 0.3) is 0 Å². The van der Waals surface area contributed by atoms with Crippen molar-refractivity contribution >= 4 is 23.7 Å². The first-order valence-electron chi connectivity index (χ1n) is 9.73. The molecule has 8 heteroatoms. The number of nitrogens with zero attached hydrogens (tertiary/aromatic N) is 2. The Morgan fingerprint density at radius 3 is 2.83 bits per heavy atom. The van der Waals surface area contributed by atoms with Gasteiger partial charge < -0.3 is 14.2 Å². The molecule has 0 aromatic heterocycles. The molecule has 3 rings (SSSR count). The van der Waals surface area contributed by atoms with E-state index in [1.807, 2.05) is 30.0 Å². The van der Waals surface area contributed by atoms with Gasteiger partial charge in [0.25, 0.3) is 5.91 Å². The highest BCUT2D eigenvalue weighted by Gasteiger charge is 2.14. The number of nitrogens with one attached hydrogen (secondary N) is 1. The Balaban J connectivity index is 1.59. The lowest BCUT2D eigenvalue weighted by Gasteiger charge is -2.25. The Morgan fingerprint density at radius 1 is 1.30 bits per heavy atom. The van der Waals surface area contributed by atoms with Gasteiger partial charge in [0.1, 0.15) is 6.61 Å². The molecule has 7 nitrogen and oxygen atoms in total. The fourth-order valence-corrected chi connectivity index (χ4v) is 3.36. The molecule has 1 N–H and O–H groups in total. The second kappa shape index (κ2) is 11.0. The lowest BCUT2D eigenvalue weighted by atomic mass is 10.1. The Morgan fingerprint density at radius 2 is 2.10 bits per heavy atom. The first-order chi connectivity index (χ1) is 14.5. The van der Waals surface area contributed by atoms with Crippen molar-refractivity contribution in [3.05, 3.63) is 58.1 Å². The maximum Gasteiger partial charge on any atom is 0.254 e. The van der Waals surface area contributed by atoms with Gasteiger partial charge in [-0.05, 0) is 30.2 Å². The molecule has 1 fully saturated rings. The summed E-state index contributed by atoms with van der Waals surface area (Å²) < 4.78 is 16.6. The molecular formula is C22H26ClN3O4. The standard InChI is InChI=1S/C22H26ClN3O4/c1-16-4-3-5-17(10-16)15-30-22-19(23)11-18(12-20(22)28-2)13-24-25-21(27)14-26-6-8-29-9-7-26/h3-5,10-13H,6-9,14-15H2,1-2H3,(H,25,27)/b24-13+. The third kappa shape index (κ3) is 6.45. The average molecular weight is 432 g/mol. The average Bonchev–Trinajstić information content (AvgIpc) is 2.73. The number of hydrogen-bond acceptors (Lipinski definition) is 6. The monoisotopic (exact) mass is 431 g/mol. The van der Waals surface area contributed by atoms with Gasteiger partial charge in [-0.25, -0.2) is 5.43 Å². The number of halogens is 1. The number of hydrazone groups is 1. The van der Waals surface area contributed by atoms with E-state index in [0.29, 0.717) is 41.9 Å². The number of benzene rings is 2. The molecule has 1 aliphatic rings. The van der Waals surface area contributed by atoms with Crippen molar-refractivity contribution in [2.45, 2.75) is 13.5 Å². The summed E-state index contributed by atoms with van der Waals surface area (Å²) in [5.74, 6) is 0.787. The molecule has 2 aromatic carbocycles. The smallest absolute Gasteiger partial charge is 0.254 e. The normalized spacial score (nSPS) is 14.6. The number of amides is 1. The molecule has 0 radical (unpaired) electrons. The molecule has 1 amide bonds. The van der Waals surface area contributed by atoms with Crippen LogP contribution in [0.15, 0.2) is 41.5 Å². The molecule has 0 bridgehead atoms. The van der Waals surface area contributed by atoms with Crippen LogP contribution in [-0.2, 0) is 16.1 Å². The van der Waals surface area contributed by atoms with E-state index in [4.69, 9.17) is 25.8 Å². The highest BCUT2D eigenvalue weighted by Crippen LogP contribution is 2.36. The number of carbonyl (C=O) groups excluding carboxylic acids is 1. The molecule has 0 aliphatic carbocycles. The Bertz CT molecular complexity index is 898. The number of morpholine rings is 1. The van der Waals surface area contributed by atoms with E-state index in [9.17, 15) is 4.79 Å². The maximum absolute atomic E-state index is 12.0. The van der Waals surface area contributed by atoms with Crippen LogP contribution in [0.1, 0.15) is 16.7 Å². The molecule has 30 heavy (non-hydrogen) atoms. The number of ether oxygens (including phenoxy) is 3. The minimum atomic E-state index is -0.177. The van der Waals surface area contributed by atoms with Crippen molar-refractivity contribution in [2.24, 2.45) is 5.10 Å². The first kappa shape index (κ1) is 22.1. The van der Waals surface area contributed by atoms with E-state index in [1.165, 1.54) is 6.21 Å². The van der Waals surface area contributed by atoms with Gasteiger partial charge in [-0.1, -0.05) is 41.4 Å². The van der Waals surface area contributed by atoms with Crippen LogP contribution < -0.4 is 14.9 Å². The van der Waals surface area contributed by atoms with Crippen LogP contribution >= 0.6 is 11.6 Å². The van der Waals surface area contributed by atoms with E-state index in [0.717, 1.165) is 24.2 Å². The predicted molar refractivity (Wildman–Crippen MR) is 117 cm³/mol. The molecule has 1 aliphatic heterocycles. The summed E-state index contributed by atoms with van der Waals surface area (Å²) in [6, 6.07) is 11.5. The van der Waals surface area contributed by atoms with Crippen molar-refractivity contribution in [1.29, 1.82) is 0 Å². The maximum atomic E-state index is 12.0. The summed E-state index contributed by atoms with van der Waals surface area (Å²) >= 11 is 6.41. The Kier molecular flexibility index (Phi) is 8.07. The van der Waals surface area contributed by atoms with Crippen molar-refractivity contribution in [3.63, 3.8) is 0 Å². The molecule has 0 spiro atoms. The molecule has 1 saturated heterocycles. The van der Waals surface area contributed by atoms with Crippen LogP contribution in [-0.4, -0.2) is 57.0 Å². The summed E-state index contributed by atoms with van der Waals surface area (Å²) in [6.45, 7) is 5.48. The van der Waals surface area contributed by atoms with Crippen LogP contribution in [0.3, 0.4) is 0 Å². The second-order valence-corrected chi connectivity index (χ2v) is 7.40. The van der Waals surface area contributed by atoms with Gasteiger partial charge >= 0.3 is 0 Å². The largest absolute Gasteiger partial charge is 0.493 e. The van der Waals surface area contributed by atoms with Crippen molar-refractivity contribution in [1.82, 2.24) is 10.3 Å². The van der Waals surface area contributed by atoms with Gasteiger partial charge in [0.15, 0.2) is 11.5 Å². The zero-order chi connectivity index (χ0) is 21.3. The highest BCUT2D eigenvalue weighted by atomic mass is 35.5. The molecule has 1 heterocycles. The lowest BCUT2D eigenvalue weighted by Crippen LogP contribution is -2.42. The van der Waals surface area contributed by atoms with Crippen LogP contribution in [0.2, 0.25) is 5.02 Å². The number of rotatable bonds is 8. The topological polar surface area (TPSA) is 72.4 Å².